The quantitative estimate of drug-likeness (QED) is 0.463. The summed E-state index contributed by atoms with van der Waals surface area (Å²) in [6, 6.07) is 0. The van der Waals surface area contributed by atoms with Crippen LogP contribution in [-0.4, -0.2) is 50.8 Å². The van der Waals surface area contributed by atoms with E-state index in [-0.39, 0.29) is 6.73 Å². The molecule has 0 fully saturated rings. The van der Waals surface area contributed by atoms with Gasteiger partial charge in [-0.1, -0.05) is 13.3 Å². The largest absolute Gasteiger partial charge is 0.389 e. The van der Waals surface area contributed by atoms with Crippen molar-refractivity contribution in [2.45, 2.75) is 19.8 Å². The molecule has 0 rings (SSSR count). The van der Waals surface area contributed by atoms with Gasteiger partial charge in [-0.2, -0.15) is 8.42 Å². The smallest absolute Gasteiger partial charge is 0.385 e. The molecule has 1 N–H and O–H groups in total. The fourth-order valence-corrected chi connectivity index (χ4v) is 1.33. The average molecular weight is 255 g/mol. The lowest BCUT2D eigenvalue weighted by molar-refractivity contribution is -0.137. The Labute approximate surface area is 95.2 Å². The summed E-state index contributed by atoms with van der Waals surface area (Å²) in [5.41, 5.74) is 0. The lowest BCUT2D eigenvalue weighted by Gasteiger charge is -2.15. The standard InChI is InChI=1S/C8H17NO6S/c1-3-4-5-14-7-9(2)16(12,13)15-8(11)6-10/h10H,3-7H2,1-2H3. The molecule has 16 heavy (non-hydrogen) atoms. The molecule has 0 aromatic carbocycles. The maximum absolute atomic E-state index is 11.3. The Morgan fingerprint density at radius 3 is 2.56 bits per heavy atom. The van der Waals surface area contributed by atoms with Crippen LogP contribution in [0.25, 0.3) is 0 Å². The zero-order valence-electron chi connectivity index (χ0n) is 9.38. The van der Waals surface area contributed by atoms with Gasteiger partial charge in [-0.25, -0.2) is 4.79 Å². The van der Waals surface area contributed by atoms with Gasteiger partial charge < -0.3 is 14.0 Å². The van der Waals surface area contributed by atoms with Gasteiger partial charge in [0, 0.05) is 13.7 Å². The molecule has 0 atom stereocenters. The van der Waals surface area contributed by atoms with Gasteiger partial charge in [0.15, 0.2) is 0 Å². The summed E-state index contributed by atoms with van der Waals surface area (Å²) in [6.07, 6.45) is 1.76. The first-order chi connectivity index (χ1) is 7.44. The number of carbonyl (C=O) groups excluding carboxylic acids is 1. The summed E-state index contributed by atoms with van der Waals surface area (Å²) in [5, 5.41) is 8.34. The molecule has 0 radical (unpaired) electrons. The lowest BCUT2D eigenvalue weighted by Crippen LogP contribution is -2.33. The fourth-order valence-electron chi connectivity index (χ4n) is 0.711. The maximum Gasteiger partial charge on any atom is 0.389 e. The predicted octanol–water partition coefficient (Wildman–Crippen LogP) is -0.527. The van der Waals surface area contributed by atoms with Gasteiger partial charge in [-0.05, 0) is 6.42 Å². The number of hydrogen-bond acceptors (Lipinski definition) is 6. The van der Waals surface area contributed by atoms with Crippen LogP contribution in [0.15, 0.2) is 0 Å². The molecule has 0 unspecified atom stereocenters. The Bertz CT molecular complexity index is 302. The highest BCUT2D eigenvalue weighted by Crippen LogP contribution is 2.01. The third-order valence-corrected chi connectivity index (χ3v) is 2.89. The average Bonchev–Trinajstić information content (AvgIpc) is 2.23. The van der Waals surface area contributed by atoms with Crippen LogP contribution in [-0.2, 0) is 24.0 Å². The van der Waals surface area contributed by atoms with Crippen molar-refractivity contribution in [3.8, 4) is 0 Å². The second-order valence-corrected chi connectivity index (χ2v) is 4.71. The number of hydrogen-bond donors (Lipinski definition) is 1. The number of ether oxygens (including phenoxy) is 1. The second kappa shape index (κ2) is 7.55. The van der Waals surface area contributed by atoms with E-state index in [0.717, 1.165) is 17.1 Å². The minimum atomic E-state index is -4.16. The molecule has 7 nitrogen and oxygen atoms in total. The van der Waals surface area contributed by atoms with Gasteiger partial charge in [0.1, 0.15) is 13.3 Å². The topological polar surface area (TPSA) is 93.1 Å². The molecular weight excluding hydrogens is 238 g/mol. The van der Waals surface area contributed by atoms with Crippen LogP contribution in [0.1, 0.15) is 19.8 Å². The number of carbonyl (C=O) groups is 1. The Balaban J connectivity index is 4.05. The van der Waals surface area contributed by atoms with Crippen LogP contribution < -0.4 is 0 Å². The molecule has 96 valence electrons. The van der Waals surface area contributed by atoms with E-state index in [1.165, 1.54) is 7.05 Å². The van der Waals surface area contributed by atoms with Crippen LogP contribution in [0.5, 0.6) is 0 Å². The lowest BCUT2D eigenvalue weighted by atomic mass is 10.4. The number of aliphatic hydroxyl groups is 1. The molecule has 0 aliphatic rings. The van der Waals surface area contributed by atoms with E-state index >= 15 is 0 Å². The third-order valence-electron chi connectivity index (χ3n) is 1.62. The summed E-state index contributed by atoms with van der Waals surface area (Å²) in [4.78, 5) is 10.6. The van der Waals surface area contributed by atoms with Crippen molar-refractivity contribution in [1.29, 1.82) is 0 Å². The molecule has 0 bridgehead atoms. The molecule has 0 saturated carbocycles. The Kier molecular flexibility index (Phi) is 7.22. The van der Waals surface area contributed by atoms with Gasteiger partial charge in [0.05, 0.1) is 0 Å². The second-order valence-electron chi connectivity index (χ2n) is 3.06. The summed E-state index contributed by atoms with van der Waals surface area (Å²) >= 11 is 0. The Morgan fingerprint density at radius 2 is 2.06 bits per heavy atom. The SMILES string of the molecule is CCCCOCN(C)S(=O)(=O)OC(=O)CO. The molecule has 8 heteroatoms. The van der Waals surface area contributed by atoms with E-state index in [0.29, 0.717) is 6.61 Å². The van der Waals surface area contributed by atoms with Gasteiger partial charge in [-0.3, -0.25) is 0 Å². The van der Waals surface area contributed by atoms with Crippen molar-refractivity contribution < 1.29 is 27.2 Å². The van der Waals surface area contributed by atoms with Crippen molar-refractivity contribution >= 4 is 16.3 Å². The molecule has 0 aromatic rings. The first-order valence-corrected chi connectivity index (χ1v) is 6.17. The molecule has 0 aliphatic heterocycles. The molecule has 0 amide bonds. The van der Waals surface area contributed by atoms with Crippen LogP contribution in [0.2, 0.25) is 0 Å². The highest BCUT2D eigenvalue weighted by molar-refractivity contribution is 7.84. The number of rotatable bonds is 8. The van der Waals surface area contributed by atoms with E-state index in [1.807, 2.05) is 6.92 Å². The summed E-state index contributed by atoms with van der Waals surface area (Å²) < 4.78 is 32.3. The molecule has 0 aromatic heterocycles. The minimum Gasteiger partial charge on any atom is -0.385 e. The molecule has 0 spiro atoms. The molecule has 0 aliphatic carbocycles. The van der Waals surface area contributed by atoms with Gasteiger partial charge in [-0.15, -0.1) is 4.31 Å². The van der Waals surface area contributed by atoms with Crippen LogP contribution in [0.3, 0.4) is 0 Å². The third kappa shape index (κ3) is 6.01. The summed E-state index contributed by atoms with van der Waals surface area (Å²) in [7, 11) is -2.95. The summed E-state index contributed by atoms with van der Waals surface area (Å²) in [6.45, 7) is 1.24. The van der Waals surface area contributed by atoms with Crippen molar-refractivity contribution in [1.82, 2.24) is 4.31 Å². The van der Waals surface area contributed by atoms with Crippen LogP contribution in [0.4, 0.5) is 0 Å². The number of nitrogens with zero attached hydrogens (tertiary/aromatic N) is 1. The van der Waals surface area contributed by atoms with E-state index in [4.69, 9.17) is 9.84 Å². The predicted molar refractivity (Wildman–Crippen MR) is 55.6 cm³/mol. The first kappa shape index (κ1) is 15.3. The molecule has 0 heterocycles. The van der Waals surface area contributed by atoms with Crippen molar-refractivity contribution in [2.75, 3.05) is 27.0 Å². The van der Waals surface area contributed by atoms with Crippen molar-refractivity contribution in [3.05, 3.63) is 0 Å². The van der Waals surface area contributed by atoms with Gasteiger partial charge >= 0.3 is 16.3 Å². The minimum absolute atomic E-state index is 0.193. The highest BCUT2D eigenvalue weighted by atomic mass is 32.2. The van der Waals surface area contributed by atoms with Crippen LogP contribution >= 0.6 is 0 Å². The first-order valence-electron chi connectivity index (χ1n) is 4.81. The van der Waals surface area contributed by atoms with E-state index < -0.39 is 22.9 Å². The van der Waals surface area contributed by atoms with Gasteiger partial charge in [0.2, 0.25) is 0 Å². The van der Waals surface area contributed by atoms with Crippen molar-refractivity contribution in [2.24, 2.45) is 0 Å². The van der Waals surface area contributed by atoms with E-state index in [1.54, 1.807) is 0 Å². The summed E-state index contributed by atoms with van der Waals surface area (Å²) in [5.74, 6) is -1.22. The van der Waals surface area contributed by atoms with E-state index in [2.05, 4.69) is 4.18 Å². The number of unbranched alkanes of at least 4 members (excludes halogenated alkanes) is 1. The fraction of sp³-hybridized carbons (Fsp3) is 0.875. The Morgan fingerprint density at radius 1 is 1.44 bits per heavy atom. The number of aliphatic hydroxyl groups excluding tert-OH is 1. The monoisotopic (exact) mass is 255 g/mol. The molecule has 0 saturated heterocycles. The zero-order chi connectivity index (χ0) is 12.6. The van der Waals surface area contributed by atoms with Gasteiger partial charge in [0.25, 0.3) is 0 Å². The molecular formula is C8H17NO6S. The zero-order valence-corrected chi connectivity index (χ0v) is 10.2. The maximum atomic E-state index is 11.3. The van der Waals surface area contributed by atoms with Crippen molar-refractivity contribution in [3.63, 3.8) is 0 Å². The van der Waals surface area contributed by atoms with Crippen LogP contribution in [0, 0.1) is 0 Å². The normalized spacial score (nSPS) is 11.8. The Hall–Kier alpha value is -0.700. The highest BCUT2D eigenvalue weighted by Gasteiger charge is 2.22. The van der Waals surface area contributed by atoms with E-state index in [9.17, 15) is 13.2 Å².